The molecule has 1 aliphatic rings. The van der Waals surface area contributed by atoms with Crippen LogP contribution in [0, 0.1) is 0 Å². The highest BCUT2D eigenvalue weighted by Crippen LogP contribution is 2.19. The lowest BCUT2D eigenvalue weighted by molar-refractivity contribution is 0.0278. The van der Waals surface area contributed by atoms with Gasteiger partial charge < -0.3 is 19.3 Å². The van der Waals surface area contributed by atoms with Gasteiger partial charge in [0.25, 0.3) is 0 Å². The van der Waals surface area contributed by atoms with Crippen molar-refractivity contribution in [3.63, 3.8) is 0 Å². The molecule has 0 saturated carbocycles. The van der Waals surface area contributed by atoms with E-state index in [1.54, 1.807) is 16.8 Å². The van der Waals surface area contributed by atoms with Gasteiger partial charge >= 0.3 is 12.2 Å². The fourth-order valence-electron chi connectivity index (χ4n) is 2.52. The average Bonchev–Trinajstić information content (AvgIpc) is 3.01. The molecule has 1 aromatic carbocycles. The van der Waals surface area contributed by atoms with Crippen LogP contribution < -0.4 is 0 Å². The van der Waals surface area contributed by atoms with Crippen molar-refractivity contribution in [1.29, 1.82) is 0 Å². The van der Waals surface area contributed by atoms with Crippen molar-refractivity contribution >= 4 is 12.2 Å². The van der Waals surface area contributed by atoms with Gasteiger partial charge in [-0.3, -0.25) is 0 Å². The Kier molecular flexibility index (Phi) is 5.70. The van der Waals surface area contributed by atoms with Crippen LogP contribution in [-0.4, -0.2) is 53.8 Å². The second-order valence-corrected chi connectivity index (χ2v) is 7.02. The van der Waals surface area contributed by atoms with Gasteiger partial charge in [0.1, 0.15) is 12.2 Å². The molecular weight excluding hydrogens is 308 g/mol. The monoisotopic (exact) mass is 334 g/mol. The SMILES string of the molecule is CN(C(=O)OCc1ccccc1)[C@H]1CCN(C(=O)OC(C)(C)C)C1. The normalized spacial score (nSPS) is 17.5. The van der Waals surface area contributed by atoms with Crippen molar-refractivity contribution in [3.05, 3.63) is 35.9 Å². The molecule has 0 bridgehead atoms. The van der Waals surface area contributed by atoms with Crippen molar-refractivity contribution in [2.24, 2.45) is 0 Å². The van der Waals surface area contributed by atoms with Crippen LogP contribution in [0.5, 0.6) is 0 Å². The summed E-state index contributed by atoms with van der Waals surface area (Å²) in [6, 6.07) is 9.49. The van der Waals surface area contributed by atoms with E-state index in [1.807, 2.05) is 51.1 Å². The first-order chi connectivity index (χ1) is 11.3. The minimum absolute atomic E-state index is 0.0548. The molecule has 1 heterocycles. The molecule has 2 rings (SSSR count). The van der Waals surface area contributed by atoms with Crippen LogP contribution in [0.3, 0.4) is 0 Å². The maximum atomic E-state index is 12.2. The van der Waals surface area contributed by atoms with E-state index in [-0.39, 0.29) is 24.8 Å². The molecule has 1 saturated heterocycles. The van der Waals surface area contributed by atoms with Gasteiger partial charge in [-0.1, -0.05) is 30.3 Å². The number of hydrogen-bond donors (Lipinski definition) is 0. The number of carbonyl (C=O) groups excluding carboxylic acids is 2. The number of benzene rings is 1. The number of hydrogen-bond acceptors (Lipinski definition) is 4. The average molecular weight is 334 g/mol. The first kappa shape index (κ1) is 18.1. The Morgan fingerprint density at radius 2 is 1.92 bits per heavy atom. The molecule has 24 heavy (non-hydrogen) atoms. The van der Waals surface area contributed by atoms with E-state index in [9.17, 15) is 9.59 Å². The largest absolute Gasteiger partial charge is 0.445 e. The summed E-state index contributed by atoms with van der Waals surface area (Å²) in [5, 5.41) is 0. The molecule has 0 radical (unpaired) electrons. The smallest absolute Gasteiger partial charge is 0.410 e. The van der Waals surface area contributed by atoms with E-state index in [1.165, 1.54) is 0 Å². The number of likely N-dealkylation sites (tertiary alicyclic amines) is 1. The first-order valence-corrected chi connectivity index (χ1v) is 8.18. The maximum absolute atomic E-state index is 12.2. The maximum Gasteiger partial charge on any atom is 0.410 e. The van der Waals surface area contributed by atoms with E-state index in [0.29, 0.717) is 13.1 Å². The lowest BCUT2D eigenvalue weighted by Crippen LogP contribution is -2.41. The fraction of sp³-hybridized carbons (Fsp3) is 0.556. The highest BCUT2D eigenvalue weighted by molar-refractivity contribution is 5.70. The number of carbonyl (C=O) groups is 2. The molecule has 6 nitrogen and oxygen atoms in total. The van der Waals surface area contributed by atoms with Gasteiger partial charge in [-0.2, -0.15) is 0 Å². The molecule has 1 aromatic rings. The van der Waals surface area contributed by atoms with E-state index >= 15 is 0 Å². The topological polar surface area (TPSA) is 59.1 Å². The second kappa shape index (κ2) is 7.55. The zero-order valence-corrected chi connectivity index (χ0v) is 14.8. The minimum Gasteiger partial charge on any atom is -0.445 e. The third-order valence-corrected chi connectivity index (χ3v) is 3.86. The van der Waals surface area contributed by atoms with E-state index in [0.717, 1.165) is 12.0 Å². The molecule has 6 heteroatoms. The van der Waals surface area contributed by atoms with Gasteiger partial charge in [0.05, 0.1) is 6.04 Å². The Bertz CT molecular complexity index is 568. The summed E-state index contributed by atoms with van der Waals surface area (Å²) < 4.78 is 10.7. The van der Waals surface area contributed by atoms with E-state index in [2.05, 4.69) is 0 Å². The number of nitrogens with zero attached hydrogens (tertiary/aromatic N) is 2. The van der Waals surface area contributed by atoms with Gasteiger partial charge in [0, 0.05) is 20.1 Å². The second-order valence-electron chi connectivity index (χ2n) is 7.02. The van der Waals surface area contributed by atoms with Crippen LogP contribution >= 0.6 is 0 Å². The standard InChI is InChI=1S/C18H26N2O4/c1-18(2,3)24-17(22)20-11-10-15(12-20)19(4)16(21)23-13-14-8-6-5-7-9-14/h5-9,15H,10-13H2,1-4H3/t15-/m0/s1. The predicted octanol–water partition coefficient (Wildman–Crippen LogP) is 3.26. The summed E-state index contributed by atoms with van der Waals surface area (Å²) >= 11 is 0. The zero-order chi connectivity index (χ0) is 17.7. The Balaban J connectivity index is 1.81. The number of rotatable bonds is 3. The van der Waals surface area contributed by atoms with Crippen LogP contribution in [0.4, 0.5) is 9.59 Å². The molecule has 132 valence electrons. The molecule has 1 atom stereocenters. The van der Waals surface area contributed by atoms with Crippen LogP contribution in [0.1, 0.15) is 32.8 Å². The third-order valence-electron chi connectivity index (χ3n) is 3.86. The van der Waals surface area contributed by atoms with Crippen LogP contribution in [0.15, 0.2) is 30.3 Å². The lowest BCUT2D eigenvalue weighted by atomic mass is 10.2. The van der Waals surface area contributed by atoms with Crippen molar-refractivity contribution in [3.8, 4) is 0 Å². The highest BCUT2D eigenvalue weighted by atomic mass is 16.6. The van der Waals surface area contributed by atoms with Crippen molar-refractivity contribution in [1.82, 2.24) is 9.80 Å². The number of amides is 2. The first-order valence-electron chi connectivity index (χ1n) is 8.18. The molecule has 0 N–H and O–H groups in total. The number of likely N-dealkylation sites (N-methyl/N-ethyl adjacent to an activating group) is 1. The highest BCUT2D eigenvalue weighted by Gasteiger charge is 2.33. The fourth-order valence-corrected chi connectivity index (χ4v) is 2.52. The Morgan fingerprint density at radius 1 is 1.25 bits per heavy atom. The Hall–Kier alpha value is -2.24. The van der Waals surface area contributed by atoms with Crippen molar-refractivity contribution in [2.75, 3.05) is 20.1 Å². The Morgan fingerprint density at radius 3 is 2.54 bits per heavy atom. The molecular formula is C18H26N2O4. The summed E-state index contributed by atoms with van der Waals surface area (Å²) in [4.78, 5) is 27.5. The number of ether oxygens (including phenoxy) is 2. The van der Waals surface area contributed by atoms with Gasteiger partial charge in [-0.05, 0) is 32.8 Å². The molecule has 0 unspecified atom stereocenters. The van der Waals surface area contributed by atoms with Gasteiger partial charge in [0.15, 0.2) is 0 Å². The van der Waals surface area contributed by atoms with Crippen LogP contribution in [0.2, 0.25) is 0 Å². The Labute approximate surface area is 143 Å². The van der Waals surface area contributed by atoms with Gasteiger partial charge in [-0.15, -0.1) is 0 Å². The third kappa shape index (κ3) is 5.15. The van der Waals surface area contributed by atoms with E-state index < -0.39 is 5.60 Å². The summed E-state index contributed by atoms with van der Waals surface area (Å²) in [6.45, 7) is 6.80. The minimum atomic E-state index is -0.518. The summed E-state index contributed by atoms with van der Waals surface area (Å²) in [7, 11) is 1.70. The molecule has 2 amide bonds. The predicted molar refractivity (Wildman–Crippen MR) is 90.6 cm³/mol. The van der Waals surface area contributed by atoms with Gasteiger partial charge in [-0.25, -0.2) is 9.59 Å². The summed E-state index contributed by atoms with van der Waals surface area (Å²) in [6.07, 6.45) is 0.00171. The van der Waals surface area contributed by atoms with Crippen LogP contribution in [-0.2, 0) is 16.1 Å². The lowest BCUT2D eigenvalue weighted by Gasteiger charge is -2.26. The molecule has 0 aliphatic carbocycles. The quantitative estimate of drug-likeness (QED) is 0.851. The zero-order valence-electron chi connectivity index (χ0n) is 14.8. The summed E-state index contributed by atoms with van der Waals surface area (Å²) in [5.74, 6) is 0. The molecule has 1 aliphatic heterocycles. The molecule has 0 spiro atoms. The van der Waals surface area contributed by atoms with E-state index in [4.69, 9.17) is 9.47 Å². The van der Waals surface area contributed by atoms with Crippen molar-refractivity contribution in [2.45, 2.75) is 45.4 Å². The molecule has 0 aromatic heterocycles. The van der Waals surface area contributed by atoms with Crippen LogP contribution in [0.25, 0.3) is 0 Å². The van der Waals surface area contributed by atoms with Crippen molar-refractivity contribution < 1.29 is 19.1 Å². The van der Waals surface area contributed by atoms with Gasteiger partial charge in [0.2, 0.25) is 0 Å². The molecule has 1 fully saturated rings. The summed E-state index contributed by atoms with van der Waals surface area (Å²) in [5.41, 5.74) is 0.427.